The summed E-state index contributed by atoms with van der Waals surface area (Å²) in [5.74, 6) is 0.778. The molecule has 2 aromatic heterocycles. The number of furan rings is 1. The van der Waals surface area contributed by atoms with Gasteiger partial charge in [-0.05, 0) is 28.1 Å². The van der Waals surface area contributed by atoms with Crippen LogP contribution < -0.4 is 10.6 Å². The molecule has 2 N–H and O–H groups in total. The third kappa shape index (κ3) is 5.53. The van der Waals surface area contributed by atoms with Gasteiger partial charge < -0.3 is 15.1 Å². The van der Waals surface area contributed by atoms with Crippen molar-refractivity contribution in [2.75, 3.05) is 7.05 Å². The van der Waals surface area contributed by atoms with E-state index in [0.717, 1.165) is 22.5 Å². The van der Waals surface area contributed by atoms with Crippen LogP contribution in [0.1, 0.15) is 10.4 Å². The zero-order valence-corrected chi connectivity index (χ0v) is 15.1. The van der Waals surface area contributed by atoms with E-state index >= 15 is 0 Å². The van der Waals surface area contributed by atoms with Gasteiger partial charge in [0.15, 0.2) is 5.96 Å². The molecule has 0 atom stereocenters. The lowest BCUT2D eigenvalue weighted by Gasteiger charge is -2.10. The van der Waals surface area contributed by atoms with E-state index in [2.05, 4.69) is 43.0 Å². The zero-order valence-electron chi connectivity index (χ0n) is 10.4. The molecular formula is C12H15BrIN3OS. The second-order valence-electron chi connectivity index (χ2n) is 3.64. The molecule has 7 heteroatoms. The molecule has 0 saturated heterocycles. The van der Waals surface area contributed by atoms with Gasteiger partial charge in [-0.1, -0.05) is 0 Å². The number of guanidine groups is 1. The molecule has 0 radical (unpaired) electrons. The van der Waals surface area contributed by atoms with Crippen LogP contribution in [0.15, 0.2) is 43.9 Å². The second kappa shape index (κ2) is 8.60. The van der Waals surface area contributed by atoms with Gasteiger partial charge in [-0.3, -0.25) is 4.99 Å². The van der Waals surface area contributed by atoms with E-state index in [4.69, 9.17) is 4.42 Å². The van der Waals surface area contributed by atoms with Crippen LogP contribution in [-0.4, -0.2) is 13.0 Å². The number of nitrogens with one attached hydrogen (secondary N) is 2. The van der Waals surface area contributed by atoms with Gasteiger partial charge in [0.25, 0.3) is 0 Å². The average molecular weight is 456 g/mol. The molecule has 4 nitrogen and oxygen atoms in total. The Kier molecular flexibility index (Phi) is 7.47. The summed E-state index contributed by atoms with van der Waals surface area (Å²) in [6.45, 7) is 1.46. The number of nitrogens with zero attached hydrogens (tertiary/aromatic N) is 1. The Morgan fingerprint density at radius 1 is 1.42 bits per heavy atom. The molecule has 0 fully saturated rings. The van der Waals surface area contributed by atoms with Gasteiger partial charge in [0.05, 0.1) is 19.1 Å². The zero-order chi connectivity index (χ0) is 12.8. The molecule has 104 valence electrons. The van der Waals surface area contributed by atoms with Gasteiger partial charge in [0.1, 0.15) is 0 Å². The molecular weight excluding hydrogens is 441 g/mol. The van der Waals surface area contributed by atoms with Gasteiger partial charge in [0.2, 0.25) is 0 Å². The fourth-order valence-corrected chi connectivity index (χ4v) is 2.81. The number of hydrogen-bond donors (Lipinski definition) is 2. The standard InChI is InChI=1S/C12H14BrN3OS.HI/c1-14-12(15-5-9-2-3-17-7-9)16-6-11-4-10(13)8-18-11;/h2-4,7-8H,5-6H2,1H3,(H2,14,15,16);1H. The smallest absolute Gasteiger partial charge is 0.191 e. The summed E-state index contributed by atoms with van der Waals surface area (Å²) in [5, 5.41) is 8.55. The van der Waals surface area contributed by atoms with Gasteiger partial charge in [0, 0.05) is 33.9 Å². The average Bonchev–Trinajstić information content (AvgIpc) is 3.01. The van der Waals surface area contributed by atoms with Crippen molar-refractivity contribution >= 4 is 57.2 Å². The number of rotatable bonds is 4. The molecule has 0 aromatic carbocycles. The quantitative estimate of drug-likeness (QED) is 0.420. The third-order valence-electron chi connectivity index (χ3n) is 2.32. The maximum Gasteiger partial charge on any atom is 0.191 e. The molecule has 2 rings (SSSR count). The predicted octanol–water partition coefficient (Wildman–Crippen LogP) is 3.59. The topological polar surface area (TPSA) is 49.6 Å². The first-order chi connectivity index (χ1) is 8.78. The molecule has 0 aliphatic heterocycles. The summed E-state index contributed by atoms with van der Waals surface area (Å²) >= 11 is 5.15. The maximum atomic E-state index is 5.01. The van der Waals surface area contributed by atoms with E-state index in [1.165, 1.54) is 4.88 Å². The largest absolute Gasteiger partial charge is 0.472 e. The van der Waals surface area contributed by atoms with Crippen molar-refractivity contribution in [2.24, 2.45) is 4.99 Å². The summed E-state index contributed by atoms with van der Waals surface area (Å²) in [6, 6.07) is 4.03. The molecule has 2 heterocycles. The monoisotopic (exact) mass is 455 g/mol. The molecule has 0 bridgehead atoms. The lowest BCUT2D eigenvalue weighted by Crippen LogP contribution is -2.36. The highest BCUT2D eigenvalue weighted by atomic mass is 127. The van der Waals surface area contributed by atoms with Crippen molar-refractivity contribution in [3.63, 3.8) is 0 Å². The fourth-order valence-electron chi connectivity index (χ4n) is 1.42. The minimum atomic E-state index is 0. The summed E-state index contributed by atoms with van der Waals surface area (Å²) in [5.41, 5.74) is 1.09. The first kappa shape index (κ1) is 16.5. The van der Waals surface area contributed by atoms with Crippen molar-refractivity contribution in [1.82, 2.24) is 10.6 Å². The normalized spacial score (nSPS) is 10.9. The third-order valence-corrected chi connectivity index (χ3v) is 4.01. The molecule has 19 heavy (non-hydrogen) atoms. The molecule has 0 aliphatic rings. The number of hydrogen-bond acceptors (Lipinski definition) is 3. The van der Waals surface area contributed by atoms with Gasteiger partial charge in [-0.25, -0.2) is 0 Å². The van der Waals surface area contributed by atoms with E-state index in [1.807, 2.05) is 6.07 Å². The van der Waals surface area contributed by atoms with Crippen LogP contribution in [0.25, 0.3) is 0 Å². The van der Waals surface area contributed by atoms with Crippen molar-refractivity contribution in [2.45, 2.75) is 13.1 Å². The highest BCUT2D eigenvalue weighted by Gasteiger charge is 2.01. The van der Waals surface area contributed by atoms with Crippen molar-refractivity contribution in [1.29, 1.82) is 0 Å². The van der Waals surface area contributed by atoms with Crippen LogP contribution in [0, 0.1) is 0 Å². The van der Waals surface area contributed by atoms with Gasteiger partial charge in [-0.2, -0.15) is 0 Å². The molecule has 0 saturated carbocycles. The van der Waals surface area contributed by atoms with Crippen molar-refractivity contribution in [3.8, 4) is 0 Å². The minimum absolute atomic E-state index is 0. The summed E-state index contributed by atoms with van der Waals surface area (Å²) in [6.07, 6.45) is 3.38. The Morgan fingerprint density at radius 2 is 2.21 bits per heavy atom. The summed E-state index contributed by atoms with van der Waals surface area (Å²) in [4.78, 5) is 5.42. The van der Waals surface area contributed by atoms with Crippen LogP contribution in [0.4, 0.5) is 0 Å². The van der Waals surface area contributed by atoms with Crippen LogP contribution in [0.3, 0.4) is 0 Å². The van der Waals surface area contributed by atoms with Crippen molar-refractivity contribution < 1.29 is 4.42 Å². The van der Waals surface area contributed by atoms with Crippen LogP contribution in [-0.2, 0) is 13.1 Å². The molecule has 2 aromatic rings. The second-order valence-corrected chi connectivity index (χ2v) is 5.55. The van der Waals surface area contributed by atoms with E-state index in [9.17, 15) is 0 Å². The fraction of sp³-hybridized carbons (Fsp3) is 0.250. The summed E-state index contributed by atoms with van der Waals surface area (Å²) < 4.78 is 6.12. The molecule has 0 spiro atoms. The number of thiophene rings is 1. The molecule has 0 unspecified atom stereocenters. The lowest BCUT2D eigenvalue weighted by molar-refractivity contribution is 0.563. The lowest BCUT2D eigenvalue weighted by atomic mass is 10.3. The Hall–Kier alpha value is -0.540. The first-order valence-electron chi connectivity index (χ1n) is 5.46. The van der Waals surface area contributed by atoms with E-state index in [-0.39, 0.29) is 24.0 Å². The highest BCUT2D eigenvalue weighted by Crippen LogP contribution is 2.19. The Bertz CT molecular complexity index is 513. The highest BCUT2D eigenvalue weighted by molar-refractivity contribution is 14.0. The minimum Gasteiger partial charge on any atom is -0.472 e. The van der Waals surface area contributed by atoms with Crippen LogP contribution in [0.2, 0.25) is 0 Å². The SMILES string of the molecule is CN=C(NCc1ccoc1)NCc1cc(Br)cs1.I. The van der Waals surface area contributed by atoms with Crippen molar-refractivity contribution in [3.05, 3.63) is 45.0 Å². The van der Waals surface area contributed by atoms with Gasteiger partial charge >= 0.3 is 0 Å². The first-order valence-corrected chi connectivity index (χ1v) is 7.13. The Labute approximate surface area is 141 Å². The van der Waals surface area contributed by atoms with E-state index in [0.29, 0.717) is 6.54 Å². The predicted molar refractivity (Wildman–Crippen MR) is 93.2 cm³/mol. The van der Waals surface area contributed by atoms with Crippen LogP contribution >= 0.6 is 51.2 Å². The number of halogens is 2. The summed E-state index contributed by atoms with van der Waals surface area (Å²) in [7, 11) is 1.76. The maximum absolute atomic E-state index is 5.01. The molecule has 0 amide bonds. The Morgan fingerprint density at radius 3 is 2.79 bits per heavy atom. The van der Waals surface area contributed by atoms with E-state index < -0.39 is 0 Å². The number of aliphatic imine (C=N–C) groups is 1. The Balaban J connectivity index is 0.00000180. The molecule has 0 aliphatic carbocycles. The van der Waals surface area contributed by atoms with E-state index in [1.54, 1.807) is 30.9 Å². The van der Waals surface area contributed by atoms with Gasteiger partial charge in [-0.15, -0.1) is 35.3 Å². The van der Waals surface area contributed by atoms with Crippen LogP contribution in [0.5, 0.6) is 0 Å².